The number of aryl methyl sites for hydroxylation is 1. The van der Waals surface area contributed by atoms with Gasteiger partial charge >= 0.3 is 0 Å². The zero-order valence-corrected chi connectivity index (χ0v) is 14.4. The molecule has 1 heterocycles. The number of carbonyl (C=O) groups is 1. The molecule has 0 bridgehead atoms. The molecule has 0 saturated carbocycles. The maximum absolute atomic E-state index is 14.4. The lowest BCUT2D eigenvalue weighted by atomic mass is 9.88. The van der Waals surface area contributed by atoms with Gasteiger partial charge in [-0.05, 0) is 61.9 Å². The third-order valence-electron chi connectivity index (χ3n) is 4.02. The summed E-state index contributed by atoms with van der Waals surface area (Å²) in [5.74, 6) is 0.0407. The van der Waals surface area contributed by atoms with E-state index in [9.17, 15) is 9.18 Å². The third-order valence-corrected chi connectivity index (χ3v) is 4.02. The first-order chi connectivity index (χ1) is 9.99. The van der Waals surface area contributed by atoms with Crippen molar-refractivity contribution in [1.82, 2.24) is 10.6 Å². The van der Waals surface area contributed by atoms with E-state index in [0.717, 1.165) is 37.1 Å². The van der Waals surface area contributed by atoms with Crippen molar-refractivity contribution in [3.8, 4) is 0 Å². The SMILES string of the molecule is Cc1cc(C2CCNCC2)cc(F)c1C(=O)NCC(C)C.Cl. The molecule has 1 aliphatic rings. The predicted molar refractivity (Wildman–Crippen MR) is 90.4 cm³/mol. The highest BCUT2D eigenvalue weighted by molar-refractivity contribution is 5.96. The van der Waals surface area contributed by atoms with Crippen molar-refractivity contribution in [1.29, 1.82) is 0 Å². The van der Waals surface area contributed by atoms with E-state index in [-0.39, 0.29) is 23.9 Å². The van der Waals surface area contributed by atoms with Crippen molar-refractivity contribution in [2.45, 2.75) is 39.5 Å². The molecule has 3 nitrogen and oxygen atoms in total. The van der Waals surface area contributed by atoms with E-state index in [1.54, 1.807) is 6.07 Å². The Morgan fingerprint density at radius 2 is 2.00 bits per heavy atom. The number of benzene rings is 1. The summed E-state index contributed by atoms with van der Waals surface area (Å²) >= 11 is 0. The number of hydrogen-bond acceptors (Lipinski definition) is 2. The molecular weight excluding hydrogens is 303 g/mol. The van der Waals surface area contributed by atoms with Crippen molar-refractivity contribution >= 4 is 18.3 Å². The van der Waals surface area contributed by atoms with E-state index in [4.69, 9.17) is 0 Å². The molecule has 1 aromatic rings. The fraction of sp³-hybridized carbons (Fsp3) is 0.588. The van der Waals surface area contributed by atoms with Crippen LogP contribution in [0.5, 0.6) is 0 Å². The van der Waals surface area contributed by atoms with Crippen LogP contribution in [-0.2, 0) is 0 Å². The number of rotatable bonds is 4. The Kier molecular flexibility index (Phi) is 7.30. The van der Waals surface area contributed by atoms with E-state index < -0.39 is 5.82 Å². The average Bonchev–Trinajstić information content (AvgIpc) is 2.45. The van der Waals surface area contributed by atoms with Crippen LogP contribution in [0, 0.1) is 18.7 Å². The van der Waals surface area contributed by atoms with Gasteiger partial charge in [0.15, 0.2) is 0 Å². The normalized spacial score (nSPS) is 15.5. The molecule has 0 aliphatic carbocycles. The highest BCUT2D eigenvalue weighted by Gasteiger charge is 2.20. The van der Waals surface area contributed by atoms with Gasteiger partial charge in [0.1, 0.15) is 5.82 Å². The Bertz CT molecular complexity index is 490. The molecule has 5 heteroatoms. The summed E-state index contributed by atoms with van der Waals surface area (Å²) in [6.07, 6.45) is 2.05. The largest absolute Gasteiger partial charge is 0.352 e. The monoisotopic (exact) mass is 328 g/mol. The van der Waals surface area contributed by atoms with Gasteiger partial charge in [-0.15, -0.1) is 12.4 Å². The van der Waals surface area contributed by atoms with Crippen molar-refractivity contribution in [2.75, 3.05) is 19.6 Å². The summed E-state index contributed by atoms with van der Waals surface area (Å²) in [6.45, 7) is 8.36. The van der Waals surface area contributed by atoms with Crippen LogP contribution in [0.1, 0.15) is 54.1 Å². The molecule has 0 spiro atoms. The molecular formula is C17H26ClFN2O. The Labute approximate surface area is 138 Å². The van der Waals surface area contributed by atoms with Gasteiger partial charge in [-0.2, -0.15) is 0 Å². The Morgan fingerprint density at radius 1 is 1.36 bits per heavy atom. The second-order valence-electron chi connectivity index (χ2n) is 6.32. The zero-order chi connectivity index (χ0) is 15.4. The second-order valence-corrected chi connectivity index (χ2v) is 6.32. The van der Waals surface area contributed by atoms with E-state index in [2.05, 4.69) is 10.6 Å². The topological polar surface area (TPSA) is 41.1 Å². The molecule has 2 N–H and O–H groups in total. The molecule has 1 aliphatic heterocycles. The standard InChI is InChI=1S/C17H25FN2O.ClH/c1-11(2)10-20-17(21)16-12(3)8-14(9-15(16)18)13-4-6-19-7-5-13;/h8-9,11,13,19H,4-7,10H2,1-3H3,(H,20,21);1H. The van der Waals surface area contributed by atoms with Crippen LogP contribution in [0.3, 0.4) is 0 Å². The first-order valence-corrected chi connectivity index (χ1v) is 7.78. The van der Waals surface area contributed by atoms with Crippen LogP contribution in [-0.4, -0.2) is 25.5 Å². The van der Waals surface area contributed by atoms with E-state index in [1.165, 1.54) is 0 Å². The lowest BCUT2D eigenvalue weighted by Gasteiger charge is -2.24. The number of nitrogens with one attached hydrogen (secondary N) is 2. The smallest absolute Gasteiger partial charge is 0.254 e. The molecule has 22 heavy (non-hydrogen) atoms. The van der Waals surface area contributed by atoms with Gasteiger partial charge in [0.2, 0.25) is 0 Å². The quantitative estimate of drug-likeness (QED) is 0.889. The lowest BCUT2D eigenvalue weighted by molar-refractivity contribution is 0.0944. The van der Waals surface area contributed by atoms with Gasteiger partial charge in [-0.1, -0.05) is 19.9 Å². The predicted octanol–water partition coefficient (Wildman–Crippen LogP) is 3.41. The van der Waals surface area contributed by atoms with Crippen LogP contribution in [0.2, 0.25) is 0 Å². The summed E-state index contributed by atoms with van der Waals surface area (Å²) in [6, 6.07) is 3.52. The first-order valence-electron chi connectivity index (χ1n) is 7.78. The minimum absolute atomic E-state index is 0. The van der Waals surface area contributed by atoms with Gasteiger partial charge < -0.3 is 10.6 Å². The van der Waals surface area contributed by atoms with Crippen molar-refractivity contribution in [2.24, 2.45) is 5.92 Å². The van der Waals surface area contributed by atoms with Gasteiger partial charge in [-0.25, -0.2) is 4.39 Å². The summed E-state index contributed by atoms with van der Waals surface area (Å²) in [4.78, 5) is 12.1. The van der Waals surface area contributed by atoms with Crippen LogP contribution in [0.4, 0.5) is 4.39 Å². The number of carbonyl (C=O) groups excluding carboxylic acids is 1. The second kappa shape index (κ2) is 8.49. The summed E-state index contributed by atoms with van der Waals surface area (Å²) < 4.78 is 14.4. The molecule has 0 unspecified atom stereocenters. The zero-order valence-electron chi connectivity index (χ0n) is 13.5. The van der Waals surface area contributed by atoms with E-state index in [1.807, 2.05) is 26.8 Å². The van der Waals surface area contributed by atoms with Gasteiger partial charge in [0.25, 0.3) is 5.91 Å². The van der Waals surface area contributed by atoms with Gasteiger partial charge in [0.05, 0.1) is 5.56 Å². The fourth-order valence-electron chi connectivity index (χ4n) is 2.83. The Hall–Kier alpha value is -1.13. The Morgan fingerprint density at radius 3 is 2.55 bits per heavy atom. The third kappa shape index (κ3) is 4.68. The number of halogens is 2. The molecule has 0 radical (unpaired) electrons. The fourth-order valence-corrected chi connectivity index (χ4v) is 2.83. The van der Waals surface area contributed by atoms with Crippen LogP contribution in [0.15, 0.2) is 12.1 Å². The highest BCUT2D eigenvalue weighted by atomic mass is 35.5. The maximum Gasteiger partial charge on any atom is 0.254 e. The number of piperidine rings is 1. The molecule has 124 valence electrons. The molecule has 0 atom stereocenters. The molecule has 2 rings (SSSR count). The minimum Gasteiger partial charge on any atom is -0.352 e. The van der Waals surface area contributed by atoms with Crippen LogP contribution < -0.4 is 10.6 Å². The molecule has 1 aromatic carbocycles. The van der Waals surface area contributed by atoms with Crippen molar-refractivity contribution < 1.29 is 9.18 Å². The van der Waals surface area contributed by atoms with Crippen LogP contribution in [0.25, 0.3) is 0 Å². The maximum atomic E-state index is 14.4. The van der Waals surface area contributed by atoms with E-state index in [0.29, 0.717) is 18.4 Å². The molecule has 1 saturated heterocycles. The van der Waals surface area contributed by atoms with Crippen LogP contribution >= 0.6 is 12.4 Å². The van der Waals surface area contributed by atoms with Crippen molar-refractivity contribution in [3.63, 3.8) is 0 Å². The van der Waals surface area contributed by atoms with E-state index >= 15 is 0 Å². The lowest BCUT2D eigenvalue weighted by Crippen LogP contribution is -2.29. The number of amides is 1. The summed E-state index contributed by atoms with van der Waals surface area (Å²) in [7, 11) is 0. The summed E-state index contributed by atoms with van der Waals surface area (Å²) in [5.41, 5.74) is 1.94. The van der Waals surface area contributed by atoms with Gasteiger partial charge in [-0.3, -0.25) is 4.79 Å². The number of hydrogen-bond donors (Lipinski definition) is 2. The molecule has 0 aromatic heterocycles. The Balaban J connectivity index is 0.00000242. The highest BCUT2D eigenvalue weighted by Crippen LogP contribution is 2.28. The average molecular weight is 329 g/mol. The van der Waals surface area contributed by atoms with Crippen molar-refractivity contribution in [3.05, 3.63) is 34.6 Å². The minimum atomic E-state index is -0.398. The summed E-state index contributed by atoms with van der Waals surface area (Å²) in [5, 5.41) is 6.10. The molecule has 1 amide bonds. The first kappa shape index (κ1) is 18.9. The van der Waals surface area contributed by atoms with Gasteiger partial charge in [0, 0.05) is 6.54 Å². The molecule has 1 fully saturated rings.